The summed E-state index contributed by atoms with van der Waals surface area (Å²) < 4.78 is 1.78. The fourth-order valence-corrected chi connectivity index (χ4v) is 4.50. The van der Waals surface area contributed by atoms with Gasteiger partial charge < -0.3 is 4.90 Å². The fraction of sp³-hybridized carbons (Fsp3) is 0.167. The van der Waals surface area contributed by atoms with Crippen molar-refractivity contribution in [2.24, 2.45) is 10.1 Å². The summed E-state index contributed by atoms with van der Waals surface area (Å²) in [5.41, 5.74) is 3.20. The van der Waals surface area contributed by atoms with Gasteiger partial charge in [-0.2, -0.15) is 5.10 Å². The summed E-state index contributed by atoms with van der Waals surface area (Å²) in [6, 6.07) is 11.8. The van der Waals surface area contributed by atoms with Gasteiger partial charge in [-0.3, -0.25) is 9.79 Å². The highest BCUT2D eigenvalue weighted by Crippen LogP contribution is 2.30. The zero-order valence-corrected chi connectivity index (χ0v) is 15.5. The second-order valence-corrected chi connectivity index (χ2v) is 7.22. The Morgan fingerprint density at radius 1 is 1.12 bits per heavy atom. The van der Waals surface area contributed by atoms with Gasteiger partial charge in [0.05, 0.1) is 16.3 Å². The molecule has 0 unspecified atom stereocenters. The smallest absolute Gasteiger partial charge is 0.279 e. The largest absolute Gasteiger partial charge is 0.307 e. The maximum Gasteiger partial charge on any atom is 0.279 e. The van der Waals surface area contributed by atoms with E-state index in [1.54, 1.807) is 28.0 Å². The van der Waals surface area contributed by atoms with E-state index >= 15 is 0 Å². The standard InChI is InChI=1S/C18H16N4OS2/c1-3-21-13-8-5-4-7-12(13)16(17(21)23)20-22-14(11-25-18(22)19-2)15-9-6-10-24-15/h4-11H,3H2,1-2H3. The Morgan fingerprint density at radius 2 is 1.96 bits per heavy atom. The summed E-state index contributed by atoms with van der Waals surface area (Å²) in [5, 5.41) is 8.79. The molecule has 0 fully saturated rings. The number of rotatable bonds is 3. The van der Waals surface area contributed by atoms with Crippen molar-refractivity contribution in [3.8, 4) is 10.6 Å². The van der Waals surface area contributed by atoms with Gasteiger partial charge in [0.25, 0.3) is 5.91 Å². The second-order valence-electron chi connectivity index (χ2n) is 5.43. The number of carbonyl (C=O) groups excluding carboxylic acids is 1. The molecule has 7 heteroatoms. The molecule has 3 heterocycles. The summed E-state index contributed by atoms with van der Waals surface area (Å²) >= 11 is 3.16. The van der Waals surface area contributed by atoms with Crippen LogP contribution in [0.5, 0.6) is 0 Å². The molecular weight excluding hydrogens is 352 g/mol. The van der Waals surface area contributed by atoms with Gasteiger partial charge in [-0.15, -0.1) is 22.7 Å². The van der Waals surface area contributed by atoms with Crippen LogP contribution in [0.3, 0.4) is 0 Å². The molecule has 0 saturated carbocycles. The van der Waals surface area contributed by atoms with Crippen LogP contribution in [0.1, 0.15) is 12.5 Å². The van der Waals surface area contributed by atoms with Crippen LogP contribution >= 0.6 is 22.7 Å². The molecule has 1 aliphatic heterocycles. The molecule has 1 aliphatic rings. The summed E-state index contributed by atoms with van der Waals surface area (Å²) in [5.74, 6) is -0.0680. The first kappa shape index (κ1) is 16.0. The Morgan fingerprint density at radius 3 is 2.68 bits per heavy atom. The Hall–Kier alpha value is -2.51. The van der Waals surface area contributed by atoms with Crippen molar-refractivity contribution in [1.82, 2.24) is 4.68 Å². The lowest BCUT2D eigenvalue weighted by molar-refractivity contribution is -0.112. The number of benzene rings is 1. The third-order valence-corrected chi connectivity index (χ3v) is 5.86. The van der Waals surface area contributed by atoms with Gasteiger partial charge >= 0.3 is 0 Å². The molecule has 126 valence electrons. The van der Waals surface area contributed by atoms with Crippen molar-refractivity contribution >= 4 is 40.0 Å². The molecule has 0 radical (unpaired) electrons. The molecular formula is C18H16N4OS2. The number of amides is 1. The normalized spacial score (nSPS) is 16.1. The van der Waals surface area contributed by atoms with Crippen LogP contribution in [0, 0.1) is 0 Å². The van der Waals surface area contributed by atoms with Crippen molar-refractivity contribution in [1.29, 1.82) is 0 Å². The van der Waals surface area contributed by atoms with E-state index in [4.69, 9.17) is 5.10 Å². The third kappa shape index (κ3) is 2.56. The van der Waals surface area contributed by atoms with Crippen molar-refractivity contribution in [3.05, 3.63) is 57.5 Å². The number of likely N-dealkylation sites (N-methyl/N-ethyl adjacent to an activating group) is 1. The molecule has 5 nitrogen and oxygen atoms in total. The topological polar surface area (TPSA) is 50.0 Å². The fourth-order valence-electron chi connectivity index (χ4n) is 2.91. The van der Waals surface area contributed by atoms with E-state index in [2.05, 4.69) is 4.99 Å². The first-order valence-electron chi connectivity index (χ1n) is 7.92. The average molecular weight is 368 g/mol. The van der Waals surface area contributed by atoms with Crippen LogP contribution < -0.4 is 9.70 Å². The van der Waals surface area contributed by atoms with E-state index in [0.29, 0.717) is 12.3 Å². The zero-order chi connectivity index (χ0) is 17.4. The van der Waals surface area contributed by atoms with Crippen molar-refractivity contribution in [2.45, 2.75) is 6.92 Å². The number of nitrogens with zero attached hydrogens (tertiary/aromatic N) is 4. The predicted octanol–water partition coefficient (Wildman–Crippen LogP) is 3.43. The number of fused-ring (bicyclic) bond motifs is 1. The Bertz CT molecular complexity index is 1030. The number of carbonyl (C=O) groups is 1. The molecule has 1 aromatic carbocycles. The van der Waals surface area contributed by atoms with Gasteiger partial charge in [0, 0.05) is 24.5 Å². The predicted molar refractivity (Wildman–Crippen MR) is 104 cm³/mol. The molecule has 25 heavy (non-hydrogen) atoms. The number of anilines is 1. The Kier molecular flexibility index (Phi) is 4.10. The highest BCUT2D eigenvalue weighted by molar-refractivity contribution is 7.14. The zero-order valence-electron chi connectivity index (χ0n) is 13.8. The highest BCUT2D eigenvalue weighted by atomic mass is 32.1. The highest BCUT2D eigenvalue weighted by Gasteiger charge is 2.33. The minimum Gasteiger partial charge on any atom is -0.307 e. The van der Waals surface area contributed by atoms with E-state index < -0.39 is 0 Å². The number of aromatic nitrogens is 1. The second kappa shape index (κ2) is 6.42. The first-order chi connectivity index (χ1) is 12.2. The summed E-state index contributed by atoms with van der Waals surface area (Å²) in [4.78, 5) is 20.8. The monoisotopic (exact) mass is 368 g/mol. The molecule has 0 spiro atoms. The summed E-state index contributed by atoms with van der Waals surface area (Å²) in [6.07, 6.45) is 0. The lowest BCUT2D eigenvalue weighted by atomic mass is 10.1. The number of thiazole rings is 1. The first-order valence-corrected chi connectivity index (χ1v) is 9.68. The quantitative estimate of drug-likeness (QED) is 0.699. The van der Waals surface area contributed by atoms with Gasteiger partial charge in [-0.25, -0.2) is 4.68 Å². The van der Waals surface area contributed by atoms with Crippen LogP contribution in [-0.4, -0.2) is 29.9 Å². The molecule has 4 rings (SSSR count). The number of hydrogen-bond donors (Lipinski definition) is 0. The SMILES string of the molecule is CCN1C(=O)C(=Nn2c(-c3cccs3)csc2=NC)c2ccccc21. The van der Waals surface area contributed by atoms with Crippen LogP contribution in [0.15, 0.2) is 57.3 Å². The van der Waals surface area contributed by atoms with Crippen molar-refractivity contribution < 1.29 is 4.79 Å². The summed E-state index contributed by atoms with van der Waals surface area (Å²) in [6.45, 7) is 2.59. The van der Waals surface area contributed by atoms with Gasteiger partial charge in [0.15, 0.2) is 5.71 Å². The van der Waals surface area contributed by atoms with E-state index in [-0.39, 0.29) is 5.91 Å². The van der Waals surface area contributed by atoms with Gasteiger partial charge in [0.1, 0.15) is 0 Å². The number of para-hydroxylation sites is 1. The van der Waals surface area contributed by atoms with Crippen LogP contribution in [0.25, 0.3) is 10.6 Å². The Labute approximate surface area is 153 Å². The van der Waals surface area contributed by atoms with E-state index in [0.717, 1.165) is 26.6 Å². The third-order valence-electron chi connectivity index (χ3n) is 4.06. The molecule has 0 saturated heterocycles. The molecule has 0 bridgehead atoms. The lowest BCUT2D eigenvalue weighted by Crippen LogP contribution is -2.30. The maximum absolute atomic E-state index is 12.9. The lowest BCUT2D eigenvalue weighted by Gasteiger charge is -2.12. The molecule has 1 amide bonds. The Balaban J connectivity index is 1.93. The van der Waals surface area contributed by atoms with E-state index in [9.17, 15) is 4.79 Å². The van der Waals surface area contributed by atoms with Crippen molar-refractivity contribution in [3.63, 3.8) is 0 Å². The van der Waals surface area contributed by atoms with E-state index in [1.807, 2.05) is 54.1 Å². The number of hydrogen-bond acceptors (Lipinski definition) is 5. The van der Waals surface area contributed by atoms with Gasteiger partial charge in [-0.1, -0.05) is 24.3 Å². The molecule has 0 N–H and O–H groups in total. The minimum atomic E-state index is -0.0680. The number of thiophene rings is 1. The van der Waals surface area contributed by atoms with Crippen LogP contribution in [0.2, 0.25) is 0 Å². The van der Waals surface area contributed by atoms with Gasteiger partial charge in [-0.05, 0) is 24.4 Å². The van der Waals surface area contributed by atoms with Gasteiger partial charge in [0.2, 0.25) is 4.80 Å². The van der Waals surface area contributed by atoms with E-state index in [1.165, 1.54) is 11.3 Å². The van der Waals surface area contributed by atoms with Crippen LogP contribution in [-0.2, 0) is 4.79 Å². The molecule has 0 aliphatic carbocycles. The molecule has 0 atom stereocenters. The molecule has 3 aromatic rings. The average Bonchev–Trinajstić information content (AvgIpc) is 3.34. The summed E-state index contributed by atoms with van der Waals surface area (Å²) in [7, 11) is 1.74. The van der Waals surface area contributed by atoms with Crippen LogP contribution in [0.4, 0.5) is 5.69 Å². The van der Waals surface area contributed by atoms with Crippen molar-refractivity contribution in [2.75, 3.05) is 18.5 Å². The minimum absolute atomic E-state index is 0.0680. The molecule has 2 aromatic heterocycles. The maximum atomic E-state index is 12.9.